The van der Waals surface area contributed by atoms with Crippen molar-refractivity contribution in [2.24, 2.45) is 0 Å². The van der Waals surface area contributed by atoms with Gasteiger partial charge < -0.3 is 4.90 Å². The predicted molar refractivity (Wildman–Crippen MR) is 91.8 cm³/mol. The second-order valence-electron chi connectivity index (χ2n) is 4.56. The van der Waals surface area contributed by atoms with Crippen molar-refractivity contribution in [3.63, 3.8) is 0 Å². The van der Waals surface area contributed by atoms with Gasteiger partial charge in [-0.2, -0.15) is 5.26 Å². The molecule has 0 saturated heterocycles. The van der Waals surface area contributed by atoms with Gasteiger partial charge in [0.05, 0.1) is 11.9 Å². The highest BCUT2D eigenvalue weighted by Crippen LogP contribution is 2.34. The average Bonchev–Trinajstić information content (AvgIpc) is 3.00. The lowest BCUT2D eigenvalue weighted by molar-refractivity contribution is 0.628. The van der Waals surface area contributed by atoms with Crippen LogP contribution in [0.1, 0.15) is 4.88 Å². The Morgan fingerprint density at radius 3 is 2.57 bits per heavy atom. The van der Waals surface area contributed by atoms with Crippen molar-refractivity contribution in [3.05, 3.63) is 59.5 Å². The quantitative estimate of drug-likeness (QED) is 0.705. The number of benzene rings is 1. The molecule has 0 unspecified atom stereocenters. The van der Waals surface area contributed by atoms with E-state index < -0.39 is 0 Å². The van der Waals surface area contributed by atoms with Crippen molar-refractivity contribution in [1.82, 2.24) is 9.97 Å². The smallest absolute Gasteiger partial charge is 0.191 e. The van der Waals surface area contributed by atoms with E-state index in [1.54, 1.807) is 24.5 Å². The highest BCUT2D eigenvalue weighted by molar-refractivity contribution is 7.16. The zero-order valence-corrected chi connectivity index (χ0v) is 13.7. The van der Waals surface area contributed by atoms with Crippen LogP contribution >= 0.6 is 23.7 Å². The van der Waals surface area contributed by atoms with Gasteiger partial charge in [-0.05, 0) is 36.4 Å². The van der Waals surface area contributed by atoms with Crippen molar-refractivity contribution in [1.29, 1.82) is 5.26 Å². The lowest BCUT2D eigenvalue weighted by Crippen LogP contribution is -2.08. The maximum atomic E-state index is 13.0. The van der Waals surface area contributed by atoms with Crippen molar-refractivity contribution in [2.75, 3.05) is 11.9 Å². The molecule has 0 N–H and O–H groups in total. The zero-order chi connectivity index (χ0) is 15.5. The van der Waals surface area contributed by atoms with Gasteiger partial charge in [0.15, 0.2) is 5.13 Å². The number of nitrogens with zero attached hydrogens (tertiary/aromatic N) is 4. The normalized spacial score (nSPS) is 9.78. The van der Waals surface area contributed by atoms with E-state index in [-0.39, 0.29) is 18.2 Å². The number of thiazole rings is 1. The second kappa shape index (κ2) is 7.18. The van der Waals surface area contributed by atoms with Gasteiger partial charge in [0.25, 0.3) is 0 Å². The van der Waals surface area contributed by atoms with Crippen LogP contribution in [-0.2, 0) is 0 Å². The third kappa shape index (κ3) is 3.47. The van der Waals surface area contributed by atoms with Gasteiger partial charge in [-0.3, -0.25) is 4.98 Å². The number of hydrogen-bond donors (Lipinski definition) is 0. The maximum Gasteiger partial charge on any atom is 0.191 e. The Kier molecular flexibility index (Phi) is 5.27. The number of pyridine rings is 1. The number of anilines is 2. The standard InChI is InChI=1S/C16H11FN4S.ClH/c1-21(13-3-2-8-19-10-13)16-20-15(14(9-18)22-16)11-4-6-12(17)7-5-11;/h2-8,10H,1H3;1H. The minimum atomic E-state index is -0.315. The molecule has 4 nitrogen and oxygen atoms in total. The van der Waals surface area contributed by atoms with E-state index in [9.17, 15) is 9.65 Å². The third-order valence-electron chi connectivity index (χ3n) is 3.16. The molecular weight excluding hydrogens is 335 g/mol. The molecule has 3 aromatic rings. The fraction of sp³-hybridized carbons (Fsp3) is 0.0625. The van der Waals surface area contributed by atoms with Crippen LogP contribution in [-0.4, -0.2) is 17.0 Å². The zero-order valence-electron chi connectivity index (χ0n) is 12.1. The Morgan fingerprint density at radius 2 is 1.96 bits per heavy atom. The summed E-state index contributed by atoms with van der Waals surface area (Å²) in [5.41, 5.74) is 2.17. The Labute approximate surface area is 143 Å². The van der Waals surface area contributed by atoms with Crippen LogP contribution in [0, 0.1) is 17.1 Å². The fourth-order valence-electron chi connectivity index (χ4n) is 1.99. The molecule has 0 saturated carbocycles. The summed E-state index contributed by atoms with van der Waals surface area (Å²) in [6.07, 6.45) is 3.43. The highest BCUT2D eigenvalue weighted by Gasteiger charge is 2.16. The van der Waals surface area contributed by atoms with Gasteiger partial charge in [0.2, 0.25) is 0 Å². The lowest BCUT2D eigenvalue weighted by atomic mass is 10.1. The van der Waals surface area contributed by atoms with Gasteiger partial charge in [0, 0.05) is 18.8 Å². The molecular formula is C16H12ClFN4S. The Bertz CT molecular complexity index is 828. The van der Waals surface area contributed by atoms with Crippen LogP contribution in [0.4, 0.5) is 15.2 Å². The minimum Gasteiger partial charge on any atom is -0.319 e. The van der Waals surface area contributed by atoms with E-state index in [1.807, 2.05) is 24.1 Å². The van der Waals surface area contributed by atoms with Crippen molar-refractivity contribution < 1.29 is 4.39 Å². The molecule has 0 aliphatic carbocycles. The van der Waals surface area contributed by atoms with E-state index in [1.165, 1.54) is 23.5 Å². The first-order chi connectivity index (χ1) is 10.7. The first kappa shape index (κ1) is 16.9. The summed E-state index contributed by atoms with van der Waals surface area (Å²) in [5, 5.41) is 10.00. The number of aromatic nitrogens is 2. The molecule has 0 atom stereocenters. The predicted octanol–water partition coefficient (Wildman–Crippen LogP) is 4.41. The summed E-state index contributed by atoms with van der Waals surface area (Å²) in [6.45, 7) is 0. The van der Waals surface area contributed by atoms with Crippen LogP contribution in [0.15, 0.2) is 48.8 Å². The van der Waals surface area contributed by atoms with Crippen LogP contribution in [0.3, 0.4) is 0 Å². The molecule has 7 heteroatoms. The van der Waals surface area contributed by atoms with Crippen molar-refractivity contribution in [3.8, 4) is 17.3 Å². The number of hydrogen-bond acceptors (Lipinski definition) is 5. The number of rotatable bonds is 3. The SMILES string of the molecule is CN(c1cccnc1)c1nc(-c2ccc(F)cc2)c(C#N)s1.Cl. The molecule has 0 bridgehead atoms. The number of nitriles is 1. The minimum absolute atomic E-state index is 0. The van der Waals surface area contributed by atoms with E-state index >= 15 is 0 Å². The maximum absolute atomic E-state index is 13.0. The molecule has 0 aliphatic rings. The summed E-state index contributed by atoms with van der Waals surface area (Å²) >= 11 is 1.29. The van der Waals surface area contributed by atoms with Gasteiger partial charge in [-0.15, -0.1) is 12.4 Å². The molecule has 0 aliphatic heterocycles. The molecule has 23 heavy (non-hydrogen) atoms. The summed E-state index contributed by atoms with van der Waals surface area (Å²) < 4.78 is 13.0. The molecule has 0 radical (unpaired) electrons. The topological polar surface area (TPSA) is 52.8 Å². The summed E-state index contributed by atoms with van der Waals surface area (Å²) in [5.74, 6) is -0.315. The highest BCUT2D eigenvalue weighted by atomic mass is 35.5. The first-order valence-corrected chi connectivity index (χ1v) is 7.31. The van der Waals surface area contributed by atoms with Gasteiger partial charge in [0.1, 0.15) is 22.5 Å². The third-order valence-corrected chi connectivity index (χ3v) is 4.19. The summed E-state index contributed by atoms with van der Waals surface area (Å²) in [7, 11) is 1.87. The molecule has 2 aromatic heterocycles. The van der Waals surface area contributed by atoms with E-state index in [2.05, 4.69) is 16.0 Å². The fourth-order valence-corrected chi connectivity index (χ4v) is 2.86. The monoisotopic (exact) mass is 346 g/mol. The van der Waals surface area contributed by atoms with Gasteiger partial charge in [-0.25, -0.2) is 9.37 Å². The van der Waals surface area contributed by atoms with Gasteiger partial charge in [-0.1, -0.05) is 11.3 Å². The molecule has 116 valence electrons. The second-order valence-corrected chi connectivity index (χ2v) is 5.54. The van der Waals surface area contributed by atoms with Gasteiger partial charge >= 0.3 is 0 Å². The Balaban J connectivity index is 0.00000192. The molecule has 3 rings (SSSR count). The first-order valence-electron chi connectivity index (χ1n) is 6.49. The lowest BCUT2D eigenvalue weighted by Gasteiger charge is -2.14. The molecule has 1 aromatic carbocycles. The van der Waals surface area contributed by atoms with Crippen LogP contribution in [0.2, 0.25) is 0 Å². The molecule has 0 spiro atoms. The van der Waals surface area contributed by atoms with Crippen LogP contribution in [0.5, 0.6) is 0 Å². The van der Waals surface area contributed by atoms with E-state index in [0.717, 1.165) is 11.3 Å². The Hall–Kier alpha value is -2.49. The molecule has 2 heterocycles. The van der Waals surface area contributed by atoms with Crippen LogP contribution < -0.4 is 4.90 Å². The average molecular weight is 347 g/mol. The molecule has 0 amide bonds. The van der Waals surface area contributed by atoms with Crippen LogP contribution in [0.25, 0.3) is 11.3 Å². The van der Waals surface area contributed by atoms with Crippen molar-refractivity contribution >= 4 is 34.6 Å². The molecule has 0 fully saturated rings. The summed E-state index contributed by atoms with van der Waals surface area (Å²) in [4.78, 5) is 11.0. The number of halogens is 2. The van der Waals surface area contributed by atoms with E-state index in [0.29, 0.717) is 15.7 Å². The van der Waals surface area contributed by atoms with Crippen molar-refractivity contribution in [2.45, 2.75) is 0 Å². The summed E-state index contributed by atoms with van der Waals surface area (Å²) in [6, 6.07) is 11.9. The largest absolute Gasteiger partial charge is 0.319 e. The van der Waals surface area contributed by atoms with E-state index in [4.69, 9.17) is 0 Å². The Morgan fingerprint density at radius 1 is 1.22 bits per heavy atom.